The van der Waals surface area contributed by atoms with Crippen molar-refractivity contribution in [2.75, 3.05) is 17.2 Å². The average molecular weight is 409 g/mol. The van der Waals surface area contributed by atoms with Crippen LogP contribution in [0.5, 0.6) is 0 Å². The number of nitrogens with zero attached hydrogens (tertiary/aromatic N) is 4. The van der Waals surface area contributed by atoms with E-state index in [1.165, 1.54) is 0 Å². The van der Waals surface area contributed by atoms with Gasteiger partial charge in [-0.15, -0.1) is 15.3 Å². The van der Waals surface area contributed by atoms with E-state index in [-0.39, 0.29) is 5.91 Å². The van der Waals surface area contributed by atoms with Crippen molar-refractivity contribution in [1.29, 1.82) is 0 Å². The molecule has 150 valence electrons. The maximum atomic E-state index is 12.1. The third kappa shape index (κ3) is 5.14. The molecule has 4 rings (SSSR count). The molecule has 2 N–H and O–H groups in total. The van der Waals surface area contributed by atoms with E-state index in [2.05, 4.69) is 38.0 Å². The van der Waals surface area contributed by atoms with Crippen LogP contribution in [0.2, 0.25) is 0 Å². The molecule has 0 unspecified atom stereocenters. The monoisotopic (exact) mass is 408 g/mol. The Bertz CT molecular complexity index is 937. The van der Waals surface area contributed by atoms with Gasteiger partial charge in [-0.2, -0.15) is 5.10 Å². The summed E-state index contributed by atoms with van der Waals surface area (Å²) in [5.74, 6) is 1.51. The van der Waals surface area contributed by atoms with Crippen molar-refractivity contribution in [3.63, 3.8) is 0 Å². The first-order chi connectivity index (χ1) is 14.2. The highest BCUT2D eigenvalue weighted by Crippen LogP contribution is 2.44. The van der Waals surface area contributed by atoms with Crippen molar-refractivity contribution in [2.45, 2.75) is 38.5 Å². The van der Waals surface area contributed by atoms with E-state index in [9.17, 15) is 4.79 Å². The summed E-state index contributed by atoms with van der Waals surface area (Å²) in [5, 5.41) is 25.0. The number of nitrogens with one attached hydrogen (secondary N) is 2. The van der Waals surface area contributed by atoms with Crippen LogP contribution in [0.1, 0.15) is 41.9 Å². The lowest BCUT2D eigenvalue weighted by molar-refractivity contribution is -0.115. The Morgan fingerprint density at radius 2 is 1.90 bits per heavy atom. The zero-order chi connectivity index (χ0) is 20.1. The molecule has 0 spiro atoms. The van der Waals surface area contributed by atoms with Gasteiger partial charge in [0, 0.05) is 12.5 Å². The van der Waals surface area contributed by atoms with Gasteiger partial charge in [-0.05, 0) is 49.8 Å². The fourth-order valence-electron chi connectivity index (χ4n) is 3.53. The standard InChI is InChI=1S/C21H24N6OS/c1-2-22-21-27-26-20(29-21)16-10-15(11-16)12-17-8-9-18(25-24-17)23-19(28)13-14-6-4-3-5-7-14/h3-9,15-16H,2,10-13H2,1H3,(H,22,27)(H,23,25,28)/t15-,16+. The van der Waals surface area contributed by atoms with Crippen molar-refractivity contribution in [3.05, 3.63) is 58.7 Å². The molecule has 1 aliphatic carbocycles. The van der Waals surface area contributed by atoms with Crippen LogP contribution in [0.4, 0.5) is 10.9 Å². The molecule has 1 aliphatic rings. The van der Waals surface area contributed by atoms with Gasteiger partial charge in [0.05, 0.1) is 12.1 Å². The Morgan fingerprint density at radius 3 is 2.62 bits per heavy atom. The molecule has 1 aromatic carbocycles. The molecule has 3 aromatic rings. The Labute approximate surface area is 174 Å². The molecule has 0 saturated heterocycles. The van der Waals surface area contributed by atoms with E-state index >= 15 is 0 Å². The van der Waals surface area contributed by atoms with Crippen LogP contribution in [0, 0.1) is 5.92 Å². The number of hydrogen-bond donors (Lipinski definition) is 2. The number of aromatic nitrogens is 4. The van der Waals surface area contributed by atoms with E-state index < -0.39 is 0 Å². The number of benzene rings is 1. The minimum atomic E-state index is -0.0888. The lowest BCUT2D eigenvalue weighted by atomic mass is 9.73. The van der Waals surface area contributed by atoms with Gasteiger partial charge < -0.3 is 10.6 Å². The smallest absolute Gasteiger partial charge is 0.229 e. The highest BCUT2D eigenvalue weighted by atomic mass is 32.1. The average Bonchev–Trinajstić information content (AvgIpc) is 3.14. The topological polar surface area (TPSA) is 92.7 Å². The summed E-state index contributed by atoms with van der Waals surface area (Å²) in [7, 11) is 0. The summed E-state index contributed by atoms with van der Waals surface area (Å²) in [6.07, 6.45) is 3.45. The van der Waals surface area contributed by atoms with Crippen LogP contribution in [0.15, 0.2) is 42.5 Å². The molecule has 0 aliphatic heterocycles. The number of carbonyl (C=O) groups is 1. The molecule has 2 aromatic heterocycles. The third-order valence-corrected chi connectivity index (χ3v) is 6.09. The highest BCUT2D eigenvalue weighted by molar-refractivity contribution is 7.15. The van der Waals surface area contributed by atoms with Gasteiger partial charge in [-0.1, -0.05) is 41.7 Å². The van der Waals surface area contributed by atoms with Gasteiger partial charge in [0.1, 0.15) is 5.01 Å². The molecular formula is C21H24N6OS. The quantitative estimate of drug-likeness (QED) is 0.591. The van der Waals surface area contributed by atoms with Crippen molar-refractivity contribution in [3.8, 4) is 0 Å². The second-order valence-electron chi connectivity index (χ2n) is 7.33. The zero-order valence-electron chi connectivity index (χ0n) is 16.3. The second kappa shape index (κ2) is 9.09. The Balaban J connectivity index is 1.23. The molecule has 8 heteroatoms. The Kier molecular flexibility index (Phi) is 6.09. The molecular weight excluding hydrogens is 384 g/mol. The van der Waals surface area contributed by atoms with Gasteiger partial charge in [0.2, 0.25) is 11.0 Å². The molecule has 1 saturated carbocycles. The van der Waals surface area contributed by atoms with Gasteiger partial charge in [0.25, 0.3) is 0 Å². The van der Waals surface area contributed by atoms with Gasteiger partial charge in [0.15, 0.2) is 5.82 Å². The number of rotatable bonds is 8. The minimum Gasteiger partial charge on any atom is -0.360 e. The molecule has 1 fully saturated rings. The molecule has 7 nitrogen and oxygen atoms in total. The number of amides is 1. The number of anilines is 2. The Morgan fingerprint density at radius 1 is 1.07 bits per heavy atom. The molecule has 0 atom stereocenters. The highest BCUT2D eigenvalue weighted by Gasteiger charge is 2.33. The molecule has 2 heterocycles. The number of carbonyl (C=O) groups excluding carboxylic acids is 1. The van der Waals surface area contributed by atoms with Crippen molar-refractivity contribution in [2.24, 2.45) is 5.92 Å². The van der Waals surface area contributed by atoms with E-state index in [0.717, 1.165) is 47.2 Å². The van der Waals surface area contributed by atoms with Gasteiger partial charge >= 0.3 is 0 Å². The third-order valence-electron chi connectivity index (χ3n) is 5.05. The minimum absolute atomic E-state index is 0.0888. The molecule has 29 heavy (non-hydrogen) atoms. The number of hydrogen-bond acceptors (Lipinski definition) is 7. The van der Waals surface area contributed by atoms with Crippen molar-refractivity contribution in [1.82, 2.24) is 20.4 Å². The first kappa shape index (κ1) is 19.4. The van der Waals surface area contributed by atoms with E-state index in [1.54, 1.807) is 11.3 Å². The SMILES string of the molecule is CCNc1nnc([C@H]2C[C@@H](Cc3ccc(NC(=O)Cc4ccccc4)nn3)C2)s1. The summed E-state index contributed by atoms with van der Waals surface area (Å²) in [4.78, 5) is 12.1. The summed E-state index contributed by atoms with van der Waals surface area (Å²) < 4.78 is 0. The normalized spacial score (nSPS) is 18.1. The predicted molar refractivity (Wildman–Crippen MR) is 114 cm³/mol. The zero-order valence-corrected chi connectivity index (χ0v) is 17.2. The van der Waals surface area contributed by atoms with Crippen LogP contribution in [-0.4, -0.2) is 32.8 Å². The van der Waals surface area contributed by atoms with Crippen LogP contribution in [0.25, 0.3) is 0 Å². The fraction of sp³-hybridized carbons (Fsp3) is 0.381. The second-order valence-corrected chi connectivity index (χ2v) is 8.34. The maximum absolute atomic E-state index is 12.1. The Hall–Kier alpha value is -2.87. The fourth-order valence-corrected chi connectivity index (χ4v) is 4.46. The first-order valence-electron chi connectivity index (χ1n) is 9.93. The molecule has 1 amide bonds. The van der Waals surface area contributed by atoms with E-state index in [4.69, 9.17) is 0 Å². The summed E-state index contributed by atoms with van der Waals surface area (Å²) in [5.41, 5.74) is 1.93. The van der Waals surface area contributed by atoms with Gasteiger partial charge in [-0.25, -0.2) is 0 Å². The largest absolute Gasteiger partial charge is 0.360 e. The van der Waals surface area contributed by atoms with E-state index in [0.29, 0.717) is 24.1 Å². The van der Waals surface area contributed by atoms with Gasteiger partial charge in [-0.3, -0.25) is 4.79 Å². The molecule has 0 radical (unpaired) electrons. The molecule has 0 bridgehead atoms. The van der Waals surface area contributed by atoms with Crippen molar-refractivity contribution >= 4 is 28.2 Å². The maximum Gasteiger partial charge on any atom is 0.229 e. The summed E-state index contributed by atoms with van der Waals surface area (Å²) >= 11 is 1.66. The summed E-state index contributed by atoms with van der Waals surface area (Å²) in [6, 6.07) is 13.4. The lowest BCUT2D eigenvalue weighted by Crippen LogP contribution is -2.24. The lowest BCUT2D eigenvalue weighted by Gasteiger charge is -2.33. The van der Waals surface area contributed by atoms with Crippen LogP contribution in [-0.2, 0) is 17.6 Å². The van der Waals surface area contributed by atoms with E-state index in [1.807, 2.05) is 42.5 Å². The first-order valence-corrected chi connectivity index (χ1v) is 10.7. The van der Waals surface area contributed by atoms with Crippen LogP contribution >= 0.6 is 11.3 Å². The van der Waals surface area contributed by atoms with Crippen molar-refractivity contribution < 1.29 is 4.79 Å². The summed E-state index contributed by atoms with van der Waals surface area (Å²) in [6.45, 7) is 2.92. The van der Waals surface area contributed by atoms with Crippen LogP contribution < -0.4 is 10.6 Å². The predicted octanol–water partition coefficient (Wildman–Crippen LogP) is 3.68. The van der Waals surface area contributed by atoms with Crippen LogP contribution in [0.3, 0.4) is 0 Å².